The molecule has 8 heteroatoms. The molecule has 0 radical (unpaired) electrons. The SMILES string of the molecule is Br.CCCCCCCCCCCCCCOc1ccc(OCC(=O)Nc2cccc(CN3C=C(C)SC3)c2)c(Cl)c1. The first-order valence-electron chi connectivity index (χ1n) is 15.0. The summed E-state index contributed by atoms with van der Waals surface area (Å²) >= 11 is 8.23. The van der Waals surface area contributed by atoms with Crippen LogP contribution in [-0.4, -0.2) is 29.9 Å². The van der Waals surface area contributed by atoms with Crippen molar-refractivity contribution < 1.29 is 14.3 Å². The van der Waals surface area contributed by atoms with Gasteiger partial charge >= 0.3 is 0 Å². The van der Waals surface area contributed by atoms with Gasteiger partial charge in [0, 0.05) is 24.5 Å². The number of nitrogens with zero attached hydrogens (tertiary/aromatic N) is 1. The zero-order valence-electron chi connectivity index (χ0n) is 24.8. The number of hydrogen-bond acceptors (Lipinski definition) is 5. The highest BCUT2D eigenvalue weighted by Gasteiger charge is 2.11. The molecule has 0 unspecified atom stereocenters. The third-order valence-electron chi connectivity index (χ3n) is 6.95. The van der Waals surface area contributed by atoms with Crippen LogP contribution < -0.4 is 14.8 Å². The number of hydrogen-bond donors (Lipinski definition) is 1. The monoisotopic (exact) mass is 666 g/mol. The van der Waals surface area contributed by atoms with Crippen LogP contribution in [0.5, 0.6) is 11.5 Å². The summed E-state index contributed by atoms with van der Waals surface area (Å²) in [6.45, 7) is 5.77. The smallest absolute Gasteiger partial charge is 0.262 e. The standard InChI is InChI=1S/C33H47ClN2O3S.BrH/c1-3-4-5-6-7-8-9-10-11-12-13-14-20-38-30-18-19-32(31(34)22-30)39-25-33(37)35-29-17-15-16-28(21-29)24-36-23-27(2)40-26-36;/h15-19,21-23H,3-14,20,24-26H2,1-2H3,(H,35,37);1H. The number of benzene rings is 2. The zero-order chi connectivity index (χ0) is 28.4. The Morgan fingerprint density at radius 1 is 0.927 bits per heavy atom. The lowest BCUT2D eigenvalue weighted by Gasteiger charge is -2.15. The summed E-state index contributed by atoms with van der Waals surface area (Å²) in [4.78, 5) is 16.1. The van der Waals surface area contributed by atoms with Crippen molar-refractivity contribution in [2.45, 2.75) is 97.4 Å². The first kappa shape index (κ1) is 35.4. The molecule has 0 aromatic heterocycles. The number of thioether (sulfide) groups is 1. The molecular weight excluding hydrogens is 620 g/mol. The van der Waals surface area contributed by atoms with Crippen molar-refractivity contribution in [1.82, 2.24) is 4.90 Å². The van der Waals surface area contributed by atoms with E-state index in [2.05, 4.69) is 36.3 Å². The molecule has 2 aromatic carbocycles. The molecule has 0 saturated carbocycles. The van der Waals surface area contributed by atoms with E-state index in [0.29, 0.717) is 17.4 Å². The van der Waals surface area contributed by atoms with E-state index in [9.17, 15) is 4.79 Å². The van der Waals surface area contributed by atoms with Crippen LogP contribution >= 0.6 is 40.3 Å². The van der Waals surface area contributed by atoms with E-state index in [1.165, 1.54) is 75.5 Å². The number of anilines is 1. The molecule has 0 atom stereocenters. The van der Waals surface area contributed by atoms with Gasteiger partial charge in [0.1, 0.15) is 11.5 Å². The Hall–Kier alpha value is -1.83. The number of carbonyl (C=O) groups is 1. The summed E-state index contributed by atoms with van der Waals surface area (Å²) < 4.78 is 11.6. The van der Waals surface area contributed by atoms with Crippen molar-refractivity contribution in [3.8, 4) is 11.5 Å². The van der Waals surface area contributed by atoms with Crippen molar-refractivity contribution >= 4 is 51.9 Å². The summed E-state index contributed by atoms with van der Waals surface area (Å²) in [5.74, 6) is 1.92. The normalized spacial score (nSPS) is 12.6. The van der Waals surface area contributed by atoms with Gasteiger partial charge in [0.25, 0.3) is 5.91 Å². The lowest BCUT2D eigenvalue weighted by atomic mass is 10.1. The lowest BCUT2D eigenvalue weighted by Crippen LogP contribution is -2.20. The highest BCUT2D eigenvalue weighted by Crippen LogP contribution is 2.29. The second kappa shape index (κ2) is 21.0. The van der Waals surface area contributed by atoms with Crippen LogP contribution in [-0.2, 0) is 11.3 Å². The third kappa shape index (κ3) is 14.8. The molecule has 41 heavy (non-hydrogen) atoms. The van der Waals surface area contributed by atoms with Gasteiger partial charge in [-0.1, -0.05) is 101 Å². The fourth-order valence-corrected chi connectivity index (χ4v) is 5.74. The predicted octanol–water partition coefficient (Wildman–Crippen LogP) is 10.4. The molecule has 0 fully saturated rings. The van der Waals surface area contributed by atoms with Gasteiger partial charge in [0.2, 0.25) is 0 Å². The van der Waals surface area contributed by atoms with E-state index in [1.807, 2.05) is 36.0 Å². The van der Waals surface area contributed by atoms with Crippen molar-refractivity contribution in [3.63, 3.8) is 0 Å². The number of amides is 1. The van der Waals surface area contributed by atoms with Gasteiger partial charge in [0.05, 0.1) is 17.5 Å². The fraction of sp³-hybridized carbons (Fsp3) is 0.545. The van der Waals surface area contributed by atoms with Crippen LogP contribution in [0.2, 0.25) is 5.02 Å². The fourth-order valence-electron chi connectivity index (χ4n) is 4.75. The maximum Gasteiger partial charge on any atom is 0.262 e. The molecule has 1 amide bonds. The van der Waals surface area contributed by atoms with E-state index >= 15 is 0 Å². The second-order valence-corrected chi connectivity index (χ2v) is 12.2. The Balaban J connectivity index is 0.00000588. The summed E-state index contributed by atoms with van der Waals surface area (Å²) in [6, 6.07) is 13.3. The van der Waals surface area contributed by atoms with Crippen molar-refractivity contribution in [2.24, 2.45) is 0 Å². The summed E-state index contributed by atoms with van der Waals surface area (Å²) in [5, 5.41) is 3.35. The molecule has 0 spiro atoms. The highest BCUT2D eigenvalue weighted by atomic mass is 79.9. The van der Waals surface area contributed by atoms with E-state index in [-0.39, 0.29) is 29.5 Å². The molecule has 3 rings (SSSR count). The van der Waals surface area contributed by atoms with E-state index in [4.69, 9.17) is 21.1 Å². The minimum Gasteiger partial charge on any atom is -0.494 e. The summed E-state index contributed by atoms with van der Waals surface area (Å²) in [5.41, 5.74) is 1.90. The second-order valence-electron chi connectivity index (χ2n) is 10.6. The van der Waals surface area contributed by atoms with Gasteiger partial charge in [-0.25, -0.2) is 0 Å². The van der Waals surface area contributed by atoms with E-state index in [1.54, 1.807) is 12.1 Å². The Bertz CT molecular complexity index is 1070. The minimum absolute atomic E-state index is 0. The quantitative estimate of drug-likeness (QED) is 0.142. The van der Waals surface area contributed by atoms with Crippen LogP contribution in [0.1, 0.15) is 96.5 Å². The van der Waals surface area contributed by atoms with E-state index in [0.717, 1.165) is 35.8 Å². The number of ether oxygens (including phenoxy) is 2. The highest BCUT2D eigenvalue weighted by molar-refractivity contribution is 8.93. The molecule has 0 saturated heterocycles. The van der Waals surface area contributed by atoms with Gasteiger partial charge in [-0.2, -0.15) is 0 Å². The first-order valence-corrected chi connectivity index (χ1v) is 16.4. The van der Waals surface area contributed by atoms with Crippen molar-refractivity contribution in [2.75, 3.05) is 24.4 Å². The number of allylic oxidation sites excluding steroid dienone is 1. The molecule has 0 bridgehead atoms. The van der Waals surface area contributed by atoms with Crippen molar-refractivity contribution in [3.05, 3.63) is 64.2 Å². The largest absolute Gasteiger partial charge is 0.494 e. The summed E-state index contributed by atoms with van der Waals surface area (Å²) in [7, 11) is 0. The number of halogens is 2. The van der Waals surface area contributed by atoms with Crippen LogP contribution in [0.25, 0.3) is 0 Å². The van der Waals surface area contributed by atoms with E-state index < -0.39 is 0 Å². The molecule has 5 nitrogen and oxygen atoms in total. The number of carbonyl (C=O) groups excluding carboxylic acids is 1. The van der Waals surface area contributed by atoms with Gasteiger partial charge in [-0.05, 0) is 48.1 Å². The van der Waals surface area contributed by atoms with Crippen LogP contribution in [0.15, 0.2) is 53.6 Å². The topological polar surface area (TPSA) is 50.8 Å². The molecular formula is C33H48BrClN2O3S. The average molecular weight is 668 g/mol. The van der Waals surface area contributed by atoms with Crippen molar-refractivity contribution in [1.29, 1.82) is 0 Å². The van der Waals surface area contributed by atoms with Gasteiger partial charge in [-0.3, -0.25) is 4.79 Å². The number of nitrogens with one attached hydrogen (secondary N) is 1. The molecule has 0 aliphatic carbocycles. The molecule has 228 valence electrons. The molecule has 1 aliphatic heterocycles. The Kier molecular flexibility index (Phi) is 18.1. The maximum atomic E-state index is 12.5. The Morgan fingerprint density at radius 2 is 1.61 bits per heavy atom. The lowest BCUT2D eigenvalue weighted by molar-refractivity contribution is -0.118. The Labute approximate surface area is 267 Å². The molecule has 1 heterocycles. The van der Waals surface area contributed by atoms with Crippen LogP contribution in [0, 0.1) is 0 Å². The van der Waals surface area contributed by atoms with Crippen LogP contribution in [0.3, 0.4) is 0 Å². The number of unbranched alkanes of at least 4 members (excludes halogenated alkanes) is 11. The molecule has 1 aliphatic rings. The van der Waals surface area contributed by atoms with Gasteiger partial charge < -0.3 is 19.7 Å². The van der Waals surface area contributed by atoms with Gasteiger partial charge in [0.15, 0.2) is 6.61 Å². The average Bonchev–Trinajstić information content (AvgIpc) is 3.35. The first-order chi connectivity index (χ1) is 19.5. The molecule has 1 N–H and O–H groups in total. The van der Waals surface area contributed by atoms with Crippen LogP contribution in [0.4, 0.5) is 5.69 Å². The van der Waals surface area contributed by atoms with Gasteiger partial charge in [-0.15, -0.1) is 28.7 Å². The maximum absolute atomic E-state index is 12.5. The number of rotatable bonds is 20. The summed E-state index contributed by atoms with van der Waals surface area (Å²) in [6.07, 6.45) is 18.0. The minimum atomic E-state index is -0.229. The molecule has 2 aromatic rings. The third-order valence-corrected chi connectivity index (χ3v) is 8.26. The Morgan fingerprint density at radius 3 is 2.24 bits per heavy atom. The zero-order valence-corrected chi connectivity index (χ0v) is 28.1. The predicted molar refractivity (Wildman–Crippen MR) is 181 cm³/mol.